The monoisotopic (exact) mass is 332 g/mol. The summed E-state index contributed by atoms with van der Waals surface area (Å²) in [4.78, 5) is 11.8. The van der Waals surface area contributed by atoms with Gasteiger partial charge in [-0.15, -0.1) is 0 Å². The molecule has 3 heterocycles. The molecule has 1 fully saturated rings. The van der Waals surface area contributed by atoms with Crippen molar-refractivity contribution in [2.45, 2.75) is 32.2 Å². The van der Waals surface area contributed by atoms with Crippen LogP contribution in [0.2, 0.25) is 0 Å². The predicted octanol–water partition coefficient (Wildman–Crippen LogP) is 3.96. The normalized spacial score (nSPS) is 18.4. The van der Waals surface area contributed by atoms with Gasteiger partial charge in [0.05, 0.1) is 0 Å². The Labute approximate surface area is 149 Å². The van der Waals surface area contributed by atoms with E-state index in [1.54, 1.807) is 0 Å². The third-order valence-corrected chi connectivity index (χ3v) is 5.00. The van der Waals surface area contributed by atoms with Crippen LogP contribution in [0.1, 0.15) is 35.8 Å². The van der Waals surface area contributed by atoms with Gasteiger partial charge in [-0.25, -0.2) is 9.97 Å². The Morgan fingerprint density at radius 2 is 1.96 bits per heavy atom. The van der Waals surface area contributed by atoms with Gasteiger partial charge in [0, 0.05) is 37.1 Å². The molecule has 1 saturated heterocycles. The molecule has 4 heteroatoms. The minimum atomic E-state index is 0.501. The molecule has 1 aliphatic heterocycles. The number of nitrogens with zero attached hydrogens (tertiary/aromatic N) is 4. The van der Waals surface area contributed by atoms with Crippen LogP contribution >= 0.6 is 0 Å². The molecule has 0 aliphatic carbocycles. The van der Waals surface area contributed by atoms with Crippen LogP contribution in [0.5, 0.6) is 0 Å². The first-order chi connectivity index (χ1) is 12.3. The highest BCUT2D eigenvalue weighted by Gasteiger charge is 2.22. The van der Waals surface area contributed by atoms with Crippen LogP contribution in [-0.2, 0) is 6.54 Å². The number of hydrogen-bond donors (Lipinski definition) is 0. The number of aromatic nitrogens is 3. The molecule has 0 radical (unpaired) electrons. The summed E-state index contributed by atoms with van der Waals surface area (Å²) in [7, 11) is 0. The van der Waals surface area contributed by atoms with Gasteiger partial charge in [0.15, 0.2) is 0 Å². The largest absolute Gasteiger partial charge is 0.298 e. The predicted molar refractivity (Wildman–Crippen MR) is 99.8 cm³/mol. The van der Waals surface area contributed by atoms with Crippen molar-refractivity contribution in [3.63, 3.8) is 0 Å². The third kappa shape index (κ3) is 3.64. The second kappa shape index (κ2) is 7.19. The molecule has 25 heavy (non-hydrogen) atoms. The third-order valence-electron chi connectivity index (χ3n) is 5.00. The first-order valence-corrected chi connectivity index (χ1v) is 9.03. The van der Waals surface area contributed by atoms with Crippen LogP contribution in [0.3, 0.4) is 0 Å². The second-order valence-electron chi connectivity index (χ2n) is 6.82. The van der Waals surface area contributed by atoms with E-state index >= 15 is 0 Å². The van der Waals surface area contributed by atoms with Crippen molar-refractivity contribution >= 4 is 0 Å². The van der Waals surface area contributed by atoms with Gasteiger partial charge in [-0.1, -0.05) is 36.4 Å². The van der Waals surface area contributed by atoms with Crippen molar-refractivity contribution in [2.75, 3.05) is 13.1 Å². The van der Waals surface area contributed by atoms with E-state index in [0.29, 0.717) is 5.92 Å². The van der Waals surface area contributed by atoms with E-state index in [-0.39, 0.29) is 0 Å². The Balaban J connectivity index is 1.51. The maximum atomic E-state index is 4.94. The van der Waals surface area contributed by atoms with Crippen LogP contribution < -0.4 is 0 Å². The van der Waals surface area contributed by atoms with Crippen molar-refractivity contribution < 1.29 is 0 Å². The maximum Gasteiger partial charge on any atom is 0.138 e. The highest BCUT2D eigenvalue weighted by molar-refractivity contribution is 5.28. The lowest BCUT2D eigenvalue weighted by atomic mass is 9.94. The van der Waals surface area contributed by atoms with Crippen molar-refractivity contribution in [1.82, 2.24) is 19.4 Å². The molecule has 1 atom stereocenters. The van der Waals surface area contributed by atoms with E-state index in [2.05, 4.69) is 58.4 Å². The molecule has 0 amide bonds. The number of rotatable bonds is 4. The lowest BCUT2D eigenvalue weighted by Gasteiger charge is -2.32. The summed E-state index contributed by atoms with van der Waals surface area (Å²) in [5.41, 5.74) is 2.59. The highest BCUT2D eigenvalue weighted by atomic mass is 15.1. The average molecular weight is 332 g/mol. The van der Waals surface area contributed by atoms with Gasteiger partial charge in [0.25, 0.3) is 0 Å². The summed E-state index contributed by atoms with van der Waals surface area (Å²) in [5.74, 6) is 2.44. The lowest BCUT2D eigenvalue weighted by Crippen LogP contribution is -2.34. The molecule has 0 spiro atoms. The fourth-order valence-electron chi connectivity index (χ4n) is 3.70. The molecule has 4 rings (SSSR count). The summed E-state index contributed by atoms with van der Waals surface area (Å²) in [6.07, 6.45) is 6.24. The molecule has 1 aliphatic rings. The Morgan fingerprint density at radius 3 is 2.76 bits per heavy atom. The molecule has 0 N–H and O–H groups in total. The standard InChI is InChI=1S/C21H24N4/c1-17-22-12-14-25(17)21-11-5-10-20(23-21)19-9-6-13-24(16-19)15-18-7-3-2-4-8-18/h2-5,7-8,10-12,14,19H,6,9,13,15-16H2,1H3/t19-/m1/s1. The fourth-order valence-corrected chi connectivity index (χ4v) is 3.70. The van der Waals surface area contributed by atoms with Gasteiger partial charge in [0.1, 0.15) is 11.6 Å². The Kier molecular flexibility index (Phi) is 4.61. The topological polar surface area (TPSA) is 34.0 Å². The van der Waals surface area contributed by atoms with Gasteiger partial charge in [-0.05, 0) is 44.0 Å². The van der Waals surface area contributed by atoms with E-state index in [4.69, 9.17) is 4.98 Å². The van der Waals surface area contributed by atoms with E-state index in [1.807, 2.05) is 23.9 Å². The molecule has 0 saturated carbocycles. The van der Waals surface area contributed by atoms with E-state index in [9.17, 15) is 0 Å². The van der Waals surface area contributed by atoms with Crippen molar-refractivity contribution in [1.29, 1.82) is 0 Å². The summed E-state index contributed by atoms with van der Waals surface area (Å²) >= 11 is 0. The summed E-state index contributed by atoms with van der Waals surface area (Å²) < 4.78 is 2.05. The van der Waals surface area contributed by atoms with Gasteiger partial charge >= 0.3 is 0 Å². The maximum absolute atomic E-state index is 4.94. The zero-order valence-electron chi connectivity index (χ0n) is 14.7. The molecular formula is C21H24N4. The number of imidazole rings is 1. The highest BCUT2D eigenvalue weighted by Crippen LogP contribution is 2.27. The Bertz CT molecular complexity index is 825. The van der Waals surface area contributed by atoms with Crippen LogP contribution in [-0.4, -0.2) is 32.5 Å². The zero-order chi connectivity index (χ0) is 17.1. The van der Waals surface area contributed by atoms with E-state index in [0.717, 1.165) is 24.7 Å². The molecular weight excluding hydrogens is 308 g/mol. The summed E-state index contributed by atoms with van der Waals surface area (Å²) in [6, 6.07) is 17.1. The van der Waals surface area contributed by atoms with Crippen LogP contribution in [0.25, 0.3) is 5.82 Å². The van der Waals surface area contributed by atoms with Gasteiger partial charge in [-0.2, -0.15) is 0 Å². The van der Waals surface area contributed by atoms with Crippen LogP contribution in [0, 0.1) is 6.92 Å². The number of pyridine rings is 1. The molecule has 0 bridgehead atoms. The minimum absolute atomic E-state index is 0.501. The second-order valence-corrected chi connectivity index (χ2v) is 6.82. The fraction of sp³-hybridized carbons (Fsp3) is 0.333. The molecule has 3 aromatic rings. The smallest absolute Gasteiger partial charge is 0.138 e. The molecule has 2 aromatic heterocycles. The summed E-state index contributed by atoms with van der Waals surface area (Å²) in [6.45, 7) is 5.29. The van der Waals surface area contributed by atoms with Crippen LogP contribution in [0.4, 0.5) is 0 Å². The van der Waals surface area contributed by atoms with Gasteiger partial charge in [-0.3, -0.25) is 9.47 Å². The molecule has 128 valence electrons. The number of likely N-dealkylation sites (tertiary alicyclic amines) is 1. The van der Waals surface area contributed by atoms with E-state index in [1.165, 1.54) is 30.6 Å². The lowest BCUT2D eigenvalue weighted by molar-refractivity contribution is 0.198. The quantitative estimate of drug-likeness (QED) is 0.725. The summed E-state index contributed by atoms with van der Waals surface area (Å²) in [5, 5.41) is 0. The zero-order valence-corrected chi connectivity index (χ0v) is 14.7. The van der Waals surface area contributed by atoms with Crippen molar-refractivity contribution in [3.8, 4) is 5.82 Å². The number of piperidine rings is 1. The minimum Gasteiger partial charge on any atom is -0.298 e. The van der Waals surface area contributed by atoms with Crippen molar-refractivity contribution in [2.24, 2.45) is 0 Å². The van der Waals surface area contributed by atoms with Crippen molar-refractivity contribution in [3.05, 3.63) is 78.0 Å². The first kappa shape index (κ1) is 16.0. The molecule has 4 nitrogen and oxygen atoms in total. The molecule has 0 unspecified atom stereocenters. The van der Waals surface area contributed by atoms with Gasteiger partial charge in [0.2, 0.25) is 0 Å². The first-order valence-electron chi connectivity index (χ1n) is 9.03. The van der Waals surface area contributed by atoms with E-state index < -0.39 is 0 Å². The van der Waals surface area contributed by atoms with Gasteiger partial charge < -0.3 is 0 Å². The van der Waals surface area contributed by atoms with Crippen LogP contribution in [0.15, 0.2) is 60.9 Å². The Morgan fingerprint density at radius 1 is 1.08 bits per heavy atom. The molecule has 1 aromatic carbocycles. The number of aryl methyl sites for hydroxylation is 1. The SMILES string of the molecule is Cc1nccn1-c1cccc([C@@H]2CCCN(Cc3ccccc3)C2)n1. The number of hydrogen-bond acceptors (Lipinski definition) is 3. The Hall–Kier alpha value is -2.46. The average Bonchev–Trinajstić information content (AvgIpc) is 3.09. The number of benzene rings is 1.